The van der Waals surface area contributed by atoms with Gasteiger partial charge in [-0.05, 0) is 65.4 Å². The number of carbonyl (C=O) groups excluding carboxylic acids is 2. The molecule has 0 radical (unpaired) electrons. The molecule has 1 aliphatic rings. The standard InChI is InChI=1S/C25H36N2O4S/c1-16-8-10-18(11-9-16)23(29)27(17(2)14-21(28)26(6)7)20-15-19(12-13-25(3,4)5)32-22(20)24(30)31/h15-18H,8-11,14H2,1-7H3,(H,30,31)/t16-,17-,18-/m0/s1. The van der Waals surface area contributed by atoms with Crippen molar-refractivity contribution < 1.29 is 19.5 Å². The number of aromatic carboxylic acids is 1. The molecule has 0 unspecified atom stereocenters. The average molecular weight is 461 g/mol. The summed E-state index contributed by atoms with van der Waals surface area (Å²) >= 11 is 1.08. The summed E-state index contributed by atoms with van der Waals surface area (Å²) in [7, 11) is 3.36. The molecule has 1 aliphatic carbocycles. The van der Waals surface area contributed by atoms with Crippen LogP contribution in [0, 0.1) is 29.1 Å². The monoisotopic (exact) mass is 460 g/mol. The van der Waals surface area contributed by atoms with Crippen LogP contribution in [0.1, 0.15) is 81.3 Å². The Morgan fingerprint density at radius 2 is 1.78 bits per heavy atom. The fraction of sp³-hybridized carbons (Fsp3) is 0.640. The van der Waals surface area contributed by atoms with Crippen molar-refractivity contribution in [2.45, 2.75) is 72.8 Å². The normalized spacial score (nSPS) is 19.5. The lowest BCUT2D eigenvalue weighted by molar-refractivity contribution is -0.129. The van der Waals surface area contributed by atoms with Crippen molar-refractivity contribution in [1.82, 2.24) is 4.90 Å². The van der Waals surface area contributed by atoms with Gasteiger partial charge in [0.05, 0.1) is 10.6 Å². The van der Waals surface area contributed by atoms with E-state index in [1.54, 1.807) is 25.1 Å². The predicted molar refractivity (Wildman–Crippen MR) is 129 cm³/mol. The highest BCUT2D eigenvalue weighted by atomic mass is 32.1. The molecule has 1 heterocycles. The molecule has 1 N–H and O–H groups in total. The maximum atomic E-state index is 13.7. The first-order valence-electron chi connectivity index (χ1n) is 11.2. The maximum absolute atomic E-state index is 13.7. The Morgan fingerprint density at radius 1 is 1.19 bits per heavy atom. The van der Waals surface area contributed by atoms with Crippen LogP contribution < -0.4 is 4.90 Å². The molecule has 0 aromatic carbocycles. The van der Waals surface area contributed by atoms with Crippen LogP contribution in [0.4, 0.5) is 5.69 Å². The lowest BCUT2D eigenvalue weighted by Gasteiger charge is -2.35. The second kappa shape index (κ2) is 10.5. The molecule has 2 amide bonds. The third-order valence-electron chi connectivity index (χ3n) is 5.74. The zero-order chi connectivity index (χ0) is 24.2. The number of rotatable bonds is 6. The number of hydrogen-bond donors (Lipinski definition) is 1. The molecule has 0 saturated heterocycles. The van der Waals surface area contributed by atoms with Gasteiger partial charge >= 0.3 is 5.97 Å². The van der Waals surface area contributed by atoms with Crippen molar-refractivity contribution in [3.8, 4) is 11.8 Å². The van der Waals surface area contributed by atoms with Crippen LogP contribution >= 0.6 is 11.3 Å². The largest absolute Gasteiger partial charge is 0.477 e. The summed E-state index contributed by atoms with van der Waals surface area (Å²) in [5.41, 5.74) is 0.121. The number of thiophene rings is 1. The number of hydrogen-bond acceptors (Lipinski definition) is 4. The van der Waals surface area contributed by atoms with E-state index in [9.17, 15) is 19.5 Å². The fourth-order valence-corrected chi connectivity index (χ4v) is 4.67. The summed E-state index contributed by atoms with van der Waals surface area (Å²) in [6.45, 7) is 9.97. The van der Waals surface area contributed by atoms with Gasteiger partial charge in [0.1, 0.15) is 4.88 Å². The Labute approximate surface area is 196 Å². The minimum Gasteiger partial charge on any atom is -0.477 e. The van der Waals surface area contributed by atoms with Crippen molar-refractivity contribution in [3.63, 3.8) is 0 Å². The number of carboxylic acid groups (broad SMARTS) is 1. The van der Waals surface area contributed by atoms with E-state index in [4.69, 9.17) is 0 Å². The molecule has 1 aromatic rings. The minimum absolute atomic E-state index is 0.0879. The van der Waals surface area contributed by atoms with E-state index in [-0.39, 0.29) is 34.4 Å². The average Bonchev–Trinajstić information content (AvgIpc) is 3.10. The summed E-state index contributed by atoms with van der Waals surface area (Å²) in [4.78, 5) is 41.9. The molecule has 0 aliphatic heterocycles. The number of amides is 2. The molecule has 1 fully saturated rings. The highest BCUT2D eigenvalue weighted by molar-refractivity contribution is 7.15. The van der Waals surface area contributed by atoms with Gasteiger partial charge in [0, 0.05) is 37.9 Å². The number of carboxylic acids is 1. The van der Waals surface area contributed by atoms with Gasteiger partial charge in [-0.3, -0.25) is 9.59 Å². The predicted octanol–water partition coefficient (Wildman–Crippen LogP) is 4.87. The van der Waals surface area contributed by atoms with E-state index in [2.05, 4.69) is 18.8 Å². The zero-order valence-corrected chi connectivity index (χ0v) is 21.1. The van der Waals surface area contributed by atoms with E-state index in [0.717, 1.165) is 37.0 Å². The SMILES string of the molecule is C[C@@H](CC(=O)N(C)C)N(c1cc(C#CC(C)(C)C)sc1C(=O)O)C(=O)[C@H]1CC[C@H](C)CC1. The summed E-state index contributed by atoms with van der Waals surface area (Å²) in [6.07, 6.45) is 3.65. The van der Waals surface area contributed by atoms with Crippen LogP contribution in [0.5, 0.6) is 0 Å². The van der Waals surface area contributed by atoms with Crippen LogP contribution in [0.3, 0.4) is 0 Å². The van der Waals surface area contributed by atoms with Crippen molar-refractivity contribution in [1.29, 1.82) is 0 Å². The molecule has 1 saturated carbocycles. The molecule has 7 heteroatoms. The van der Waals surface area contributed by atoms with E-state index in [1.807, 2.05) is 27.7 Å². The maximum Gasteiger partial charge on any atom is 0.348 e. The van der Waals surface area contributed by atoms with E-state index >= 15 is 0 Å². The topological polar surface area (TPSA) is 77.9 Å². The summed E-state index contributed by atoms with van der Waals surface area (Å²) < 4.78 is 0. The number of carbonyl (C=O) groups is 3. The molecule has 2 rings (SSSR count). The van der Waals surface area contributed by atoms with Gasteiger partial charge in [-0.2, -0.15) is 0 Å². The highest BCUT2D eigenvalue weighted by Crippen LogP contribution is 2.36. The van der Waals surface area contributed by atoms with Crippen molar-refractivity contribution in [3.05, 3.63) is 15.8 Å². The van der Waals surface area contributed by atoms with Crippen LogP contribution in [-0.2, 0) is 9.59 Å². The molecule has 0 spiro atoms. The van der Waals surface area contributed by atoms with E-state index < -0.39 is 12.0 Å². The van der Waals surface area contributed by atoms with Gasteiger partial charge in [-0.1, -0.05) is 18.8 Å². The fourth-order valence-electron chi connectivity index (χ4n) is 3.83. The minimum atomic E-state index is -1.09. The molecular weight excluding hydrogens is 424 g/mol. The van der Waals surface area contributed by atoms with Crippen LogP contribution in [-0.4, -0.2) is 47.9 Å². The smallest absolute Gasteiger partial charge is 0.348 e. The van der Waals surface area contributed by atoms with Gasteiger partial charge in [0.25, 0.3) is 0 Å². The molecule has 1 aromatic heterocycles. The first kappa shape index (κ1) is 25.9. The Kier molecular flexibility index (Phi) is 8.53. The molecule has 32 heavy (non-hydrogen) atoms. The summed E-state index contributed by atoms with van der Waals surface area (Å²) in [6, 6.07) is 1.24. The molecule has 176 valence electrons. The van der Waals surface area contributed by atoms with Crippen LogP contribution in [0.15, 0.2) is 6.07 Å². The Morgan fingerprint density at radius 3 is 2.28 bits per heavy atom. The van der Waals surface area contributed by atoms with Gasteiger partial charge in [-0.25, -0.2) is 4.79 Å². The lowest BCUT2D eigenvalue weighted by atomic mass is 9.82. The highest BCUT2D eigenvalue weighted by Gasteiger charge is 2.35. The lowest BCUT2D eigenvalue weighted by Crippen LogP contribution is -2.45. The van der Waals surface area contributed by atoms with Gasteiger partial charge in [0.15, 0.2) is 0 Å². The van der Waals surface area contributed by atoms with Crippen LogP contribution in [0.25, 0.3) is 0 Å². The van der Waals surface area contributed by atoms with E-state index in [1.165, 1.54) is 4.90 Å². The van der Waals surface area contributed by atoms with Gasteiger partial charge < -0.3 is 14.9 Å². The van der Waals surface area contributed by atoms with Crippen molar-refractivity contribution >= 4 is 34.8 Å². The molecule has 1 atom stereocenters. The van der Waals surface area contributed by atoms with Crippen LogP contribution in [0.2, 0.25) is 0 Å². The number of anilines is 1. The van der Waals surface area contributed by atoms with Crippen molar-refractivity contribution in [2.24, 2.45) is 17.3 Å². The molecule has 6 nitrogen and oxygen atoms in total. The summed E-state index contributed by atoms with van der Waals surface area (Å²) in [5, 5.41) is 9.88. The first-order chi connectivity index (χ1) is 14.8. The van der Waals surface area contributed by atoms with Gasteiger partial charge in [0.2, 0.25) is 11.8 Å². The Bertz CT molecular complexity index is 909. The molecule has 0 bridgehead atoms. The third kappa shape index (κ3) is 6.83. The first-order valence-corrected chi connectivity index (χ1v) is 12.0. The van der Waals surface area contributed by atoms with E-state index in [0.29, 0.717) is 16.5 Å². The third-order valence-corrected chi connectivity index (χ3v) is 6.77. The molecular formula is C25H36N2O4S. The Hall–Kier alpha value is -2.33. The quantitative estimate of drug-likeness (QED) is 0.615. The second-order valence-electron chi connectivity index (χ2n) is 10.1. The number of nitrogens with zero attached hydrogens (tertiary/aromatic N) is 2. The van der Waals surface area contributed by atoms with Crippen molar-refractivity contribution in [2.75, 3.05) is 19.0 Å². The van der Waals surface area contributed by atoms with Gasteiger partial charge in [-0.15, -0.1) is 11.3 Å². The second-order valence-corrected chi connectivity index (χ2v) is 11.2. The Balaban J connectivity index is 2.51. The zero-order valence-electron chi connectivity index (χ0n) is 20.3. The summed E-state index contributed by atoms with van der Waals surface area (Å²) in [5.74, 6) is 5.35.